The average molecular weight is 419 g/mol. The van der Waals surface area contributed by atoms with Crippen LogP contribution in [-0.2, 0) is 11.2 Å². The summed E-state index contributed by atoms with van der Waals surface area (Å²) in [5.74, 6) is 0.819. The Balaban J connectivity index is 1.38. The lowest BCUT2D eigenvalue weighted by molar-refractivity contribution is -0.123. The zero-order valence-corrected chi connectivity index (χ0v) is 16.9. The molecule has 4 aromatic rings. The van der Waals surface area contributed by atoms with Crippen molar-refractivity contribution in [3.63, 3.8) is 0 Å². The highest BCUT2D eigenvalue weighted by atomic mass is 16.5. The lowest BCUT2D eigenvalue weighted by Gasteiger charge is -2.09. The van der Waals surface area contributed by atoms with Crippen molar-refractivity contribution < 1.29 is 18.7 Å². The van der Waals surface area contributed by atoms with Gasteiger partial charge in [-0.05, 0) is 29.8 Å². The Morgan fingerprint density at radius 3 is 2.77 bits per heavy atom. The summed E-state index contributed by atoms with van der Waals surface area (Å²) in [6.07, 6.45) is 3.99. The Morgan fingerprint density at radius 1 is 1.19 bits per heavy atom. The van der Waals surface area contributed by atoms with Gasteiger partial charge in [0.1, 0.15) is 5.75 Å². The number of H-pyrrole nitrogens is 1. The number of benzene rings is 2. The first kappa shape index (κ1) is 20.2. The number of aromatic nitrogens is 2. The highest BCUT2D eigenvalue weighted by Gasteiger charge is 2.11. The van der Waals surface area contributed by atoms with Crippen LogP contribution in [-0.4, -0.2) is 36.1 Å². The van der Waals surface area contributed by atoms with E-state index in [1.165, 1.54) is 7.11 Å². The molecule has 0 spiro atoms. The first-order valence-electron chi connectivity index (χ1n) is 9.72. The molecule has 0 unspecified atom stereocenters. The van der Waals surface area contributed by atoms with Crippen LogP contribution in [0, 0.1) is 0 Å². The topological polar surface area (TPSA) is 106 Å². The predicted octanol–water partition coefficient (Wildman–Crippen LogP) is 2.93. The number of hydrogen-bond donors (Lipinski definition) is 2. The summed E-state index contributed by atoms with van der Waals surface area (Å²) in [6.45, 7) is 0.395. The van der Waals surface area contributed by atoms with Crippen molar-refractivity contribution in [1.82, 2.24) is 15.3 Å². The van der Waals surface area contributed by atoms with Crippen molar-refractivity contribution in [2.24, 2.45) is 0 Å². The third-order valence-electron chi connectivity index (χ3n) is 4.75. The number of amides is 1. The van der Waals surface area contributed by atoms with Crippen LogP contribution in [0.25, 0.3) is 22.1 Å². The lowest BCUT2D eigenvalue weighted by atomic mass is 10.1. The second kappa shape index (κ2) is 9.17. The quantitative estimate of drug-likeness (QED) is 0.425. The summed E-state index contributed by atoms with van der Waals surface area (Å²) in [6, 6.07) is 14.1. The van der Waals surface area contributed by atoms with Crippen LogP contribution in [0.3, 0.4) is 0 Å². The summed E-state index contributed by atoms with van der Waals surface area (Å²) in [5, 5.41) is 3.55. The molecule has 2 N–H and O–H groups in total. The lowest BCUT2D eigenvalue weighted by Crippen LogP contribution is -2.30. The Morgan fingerprint density at radius 2 is 2.03 bits per heavy atom. The maximum Gasteiger partial charge on any atom is 0.344 e. The smallest absolute Gasteiger partial charge is 0.344 e. The Labute approximate surface area is 177 Å². The summed E-state index contributed by atoms with van der Waals surface area (Å²) in [5.41, 5.74) is 2.03. The van der Waals surface area contributed by atoms with Gasteiger partial charge in [-0.3, -0.25) is 4.79 Å². The summed E-state index contributed by atoms with van der Waals surface area (Å²) >= 11 is 0. The Kier molecular flexibility index (Phi) is 5.98. The van der Waals surface area contributed by atoms with Gasteiger partial charge >= 0.3 is 5.63 Å². The molecule has 8 heteroatoms. The van der Waals surface area contributed by atoms with E-state index >= 15 is 0 Å². The van der Waals surface area contributed by atoms with Crippen LogP contribution >= 0.6 is 0 Å². The SMILES string of the molecule is COc1cccc2cc(-c3ccc(OCC(=O)NCCc4cnc[nH]4)cc3)c(=O)oc12. The van der Waals surface area contributed by atoms with E-state index in [2.05, 4.69) is 15.3 Å². The molecular formula is C23H21N3O5. The van der Waals surface area contributed by atoms with E-state index in [0.29, 0.717) is 41.2 Å². The molecule has 8 nitrogen and oxygen atoms in total. The van der Waals surface area contributed by atoms with Crippen molar-refractivity contribution in [2.75, 3.05) is 20.3 Å². The monoisotopic (exact) mass is 419 g/mol. The second-order valence-corrected chi connectivity index (χ2v) is 6.82. The van der Waals surface area contributed by atoms with Gasteiger partial charge in [0.15, 0.2) is 17.9 Å². The van der Waals surface area contributed by atoms with Crippen LogP contribution in [0.1, 0.15) is 5.69 Å². The van der Waals surface area contributed by atoms with E-state index in [1.807, 2.05) is 12.1 Å². The normalized spacial score (nSPS) is 10.7. The fourth-order valence-electron chi connectivity index (χ4n) is 3.17. The minimum absolute atomic E-state index is 0.0970. The van der Waals surface area contributed by atoms with Crippen LogP contribution in [0.5, 0.6) is 11.5 Å². The zero-order valence-electron chi connectivity index (χ0n) is 16.9. The number of nitrogens with one attached hydrogen (secondary N) is 2. The summed E-state index contributed by atoms with van der Waals surface area (Å²) < 4.78 is 16.2. The standard InChI is InChI=1S/C23H21N3O5/c1-29-20-4-2-3-16-11-19(23(28)31-22(16)20)15-5-7-18(8-6-15)30-13-21(27)25-10-9-17-12-24-14-26-17/h2-8,11-12,14H,9-10,13H2,1H3,(H,24,26)(H,25,27). The van der Waals surface area contributed by atoms with E-state index in [1.54, 1.807) is 48.9 Å². The number of nitrogens with zero attached hydrogens (tertiary/aromatic N) is 1. The first-order chi connectivity index (χ1) is 15.1. The van der Waals surface area contributed by atoms with Gasteiger partial charge in [-0.1, -0.05) is 24.3 Å². The zero-order chi connectivity index (χ0) is 21.6. The molecule has 0 radical (unpaired) electrons. The van der Waals surface area contributed by atoms with E-state index < -0.39 is 5.63 Å². The number of aromatic amines is 1. The molecule has 2 aromatic carbocycles. The number of ether oxygens (including phenoxy) is 2. The molecule has 0 bridgehead atoms. The van der Waals surface area contributed by atoms with Crippen molar-refractivity contribution in [1.29, 1.82) is 0 Å². The number of rotatable bonds is 8. The van der Waals surface area contributed by atoms with E-state index in [4.69, 9.17) is 13.9 Å². The second-order valence-electron chi connectivity index (χ2n) is 6.82. The first-order valence-corrected chi connectivity index (χ1v) is 9.72. The maximum atomic E-state index is 12.5. The fourth-order valence-corrected chi connectivity index (χ4v) is 3.17. The van der Waals surface area contributed by atoms with Crippen LogP contribution in [0.4, 0.5) is 0 Å². The molecule has 31 heavy (non-hydrogen) atoms. The van der Waals surface area contributed by atoms with Gasteiger partial charge in [-0.25, -0.2) is 9.78 Å². The van der Waals surface area contributed by atoms with E-state index in [0.717, 1.165) is 11.1 Å². The van der Waals surface area contributed by atoms with Gasteiger partial charge in [0.2, 0.25) is 0 Å². The van der Waals surface area contributed by atoms with Crippen molar-refractivity contribution in [3.8, 4) is 22.6 Å². The van der Waals surface area contributed by atoms with Gasteiger partial charge < -0.3 is 24.2 Å². The molecular weight excluding hydrogens is 398 g/mol. The number of carbonyl (C=O) groups excluding carboxylic acids is 1. The minimum atomic E-state index is -0.456. The van der Waals surface area contributed by atoms with Crippen molar-refractivity contribution >= 4 is 16.9 Å². The molecule has 0 aliphatic heterocycles. The minimum Gasteiger partial charge on any atom is -0.493 e. The molecule has 158 valence electrons. The third-order valence-corrected chi connectivity index (χ3v) is 4.75. The van der Waals surface area contributed by atoms with Gasteiger partial charge in [0.25, 0.3) is 5.91 Å². The van der Waals surface area contributed by atoms with E-state index in [-0.39, 0.29) is 12.5 Å². The molecule has 2 aromatic heterocycles. The van der Waals surface area contributed by atoms with Gasteiger partial charge in [-0.15, -0.1) is 0 Å². The molecule has 0 saturated carbocycles. The summed E-state index contributed by atoms with van der Waals surface area (Å²) in [4.78, 5) is 31.3. The number of fused-ring (bicyclic) bond motifs is 1. The molecule has 1 amide bonds. The molecule has 0 atom stereocenters. The molecule has 0 fully saturated rings. The fraction of sp³-hybridized carbons (Fsp3) is 0.174. The highest BCUT2D eigenvalue weighted by molar-refractivity contribution is 5.86. The predicted molar refractivity (Wildman–Crippen MR) is 115 cm³/mol. The molecule has 2 heterocycles. The third kappa shape index (κ3) is 4.75. The number of para-hydroxylation sites is 1. The van der Waals surface area contributed by atoms with Crippen LogP contribution in [0.2, 0.25) is 0 Å². The molecule has 0 aliphatic rings. The molecule has 0 saturated heterocycles. The van der Waals surface area contributed by atoms with E-state index in [9.17, 15) is 9.59 Å². The number of imidazole rings is 1. The number of carbonyl (C=O) groups is 1. The number of hydrogen-bond acceptors (Lipinski definition) is 6. The van der Waals surface area contributed by atoms with Crippen LogP contribution < -0.4 is 20.4 Å². The van der Waals surface area contributed by atoms with Crippen molar-refractivity contribution in [3.05, 3.63) is 77.2 Å². The highest BCUT2D eigenvalue weighted by Crippen LogP contribution is 2.28. The largest absolute Gasteiger partial charge is 0.493 e. The van der Waals surface area contributed by atoms with Gasteiger partial charge in [0, 0.05) is 30.2 Å². The molecule has 4 rings (SSSR count). The van der Waals surface area contributed by atoms with Gasteiger partial charge in [-0.2, -0.15) is 0 Å². The average Bonchev–Trinajstić information content (AvgIpc) is 3.31. The summed E-state index contributed by atoms with van der Waals surface area (Å²) in [7, 11) is 1.53. The van der Waals surface area contributed by atoms with Crippen molar-refractivity contribution in [2.45, 2.75) is 6.42 Å². The Bertz CT molecular complexity index is 1230. The maximum absolute atomic E-state index is 12.5. The number of methoxy groups -OCH3 is 1. The molecule has 0 aliphatic carbocycles. The van der Waals surface area contributed by atoms with Gasteiger partial charge in [0.05, 0.1) is 19.0 Å². The van der Waals surface area contributed by atoms with Crippen LogP contribution in [0.15, 0.2) is 70.3 Å². The Hall–Kier alpha value is -4.07.